The van der Waals surface area contributed by atoms with Crippen molar-refractivity contribution in [2.24, 2.45) is 0 Å². The summed E-state index contributed by atoms with van der Waals surface area (Å²) in [5, 5.41) is 4.01. The summed E-state index contributed by atoms with van der Waals surface area (Å²) in [6, 6.07) is 11.0. The summed E-state index contributed by atoms with van der Waals surface area (Å²) in [6.07, 6.45) is 3.29. The molecule has 0 bridgehead atoms. The van der Waals surface area contributed by atoms with E-state index in [-0.39, 0.29) is 5.91 Å². The van der Waals surface area contributed by atoms with Gasteiger partial charge in [-0.2, -0.15) is 0 Å². The van der Waals surface area contributed by atoms with Gasteiger partial charge in [0.1, 0.15) is 0 Å². The number of fused-ring (bicyclic) bond motifs is 1. The van der Waals surface area contributed by atoms with Crippen LogP contribution in [-0.4, -0.2) is 22.9 Å². The molecule has 104 valence electrons. The fraction of sp³-hybridized carbons (Fsp3) is 0.0625. The maximum Gasteiger partial charge on any atom is 0.251 e. The van der Waals surface area contributed by atoms with E-state index in [1.165, 1.54) is 0 Å². The Morgan fingerprint density at radius 2 is 2.05 bits per heavy atom. The first-order valence-electron chi connectivity index (χ1n) is 6.42. The molecule has 3 aromatic rings. The lowest BCUT2D eigenvalue weighted by molar-refractivity contribution is 0.0964. The van der Waals surface area contributed by atoms with Crippen molar-refractivity contribution in [2.45, 2.75) is 0 Å². The van der Waals surface area contributed by atoms with Gasteiger partial charge >= 0.3 is 0 Å². The number of amides is 1. The first-order valence-corrected chi connectivity index (χ1v) is 6.79. The summed E-state index contributed by atoms with van der Waals surface area (Å²) in [4.78, 5) is 20.5. The third-order valence-electron chi connectivity index (χ3n) is 3.20. The lowest BCUT2D eigenvalue weighted by atomic mass is 10.1. The quantitative estimate of drug-likeness (QED) is 0.789. The number of benzene rings is 1. The number of aromatic nitrogens is 2. The minimum atomic E-state index is -0.125. The summed E-state index contributed by atoms with van der Waals surface area (Å²) >= 11 is 5.96. The number of carbonyl (C=O) groups is 1. The summed E-state index contributed by atoms with van der Waals surface area (Å²) < 4.78 is 0. The summed E-state index contributed by atoms with van der Waals surface area (Å²) in [6.45, 7) is 0. The molecule has 5 heteroatoms. The topological polar surface area (TPSA) is 54.9 Å². The van der Waals surface area contributed by atoms with Gasteiger partial charge in [0, 0.05) is 36.0 Å². The molecule has 1 aromatic carbocycles. The van der Waals surface area contributed by atoms with E-state index in [4.69, 9.17) is 11.6 Å². The molecule has 0 aliphatic carbocycles. The Hall–Kier alpha value is -2.46. The van der Waals surface area contributed by atoms with Crippen LogP contribution < -0.4 is 5.32 Å². The van der Waals surface area contributed by atoms with Gasteiger partial charge in [-0.15, -0.1) is 0 Å². The van der Waals surface area contributed by atoms with Gasteiger partial charge < -0.3 is 5.32 Å². The van der Waals surface area contributed by atoms with Crippen molar-refractivity contribution < 1.29 is 4.79 Å². The molecule has 0 unspecified atom stereocenters. The van der Waals surface area contributed by atoms with Crippen LogP contribution in [0.1, 0.15) is 10.4 Å². The van der Waals surface area contributed by atoms with E-state index in [9.17, 15) is 4.79 Å². The van der Waals surface area contributed by atoms with E-state index in [1.807, 2.05) is 30.3 Å². The van der Waals surface area contributed by atoms with E-state index in [2.05, 4.69) is 15.3 Å². The molecule has 2 aromatic heterocycles. The molecule has 0 fully saturated rings. The highest BCUT2D eigenvalue weighted by atomic mass is 35.5. The third kappa shape index (κ3) is 2.58. The van der Waals surface area contributed by atoms with Crippen LogP contribution in [0.2, 0.25) is 5.02 Å². The Morgan fingerprint density at radius 1 is 1.19 bits per heavy atom. The van der Waals surface area contributed by atoms with Crippen LogP contribution in [0, 0.1) is 0 Å². The highest BCUT2D eigenvalue weighted by Gasteiger charge is 2.10. The van der Waals surface area contributed by atoms with Crippen molar-refractivity contribution in [3.63, 3.8) is 0 Å². The van der Waals surface area contributed by atoms with Crippen molar-refractivity contribution in [3.8, 4) is 11.3 Å². The monoisotopic (exact) mass is 297 g/mol. The van der Waals surface area contributed by atoms with Gasteiger partial charge in [-0.05, 0) is 30.3 Å². The Kier molecular flexibility index (Phi) is 3.54. The minimum absolute atomic E-state index is 0.125. The molecule has 4 nitrogen and oxygen atoms in total. The predicted octanol–water partition coefficient (Wildman–Crippen LogP) is 3.31. The maximum absolute atomic E-state index is 11.9. The van der Waals surface area contributed by atoms with E-state index in [0.717, 1.165) is 22.2 Å². The van der Waals surface area contributed by atoms with Gasteiger partial charge in [-0.1, -0.05) is 17.7 Å². The first kappa shape index (κ1) is 13.5. The molecule has 3 rings (SSSR count). The Balaban J connectivity index is 2.16. The normalized spacial score (nSPS) is 10.6. The molecule has 0 saturated carbocycles. The number of nitrogens with zero attached hydrogens (tertiary/aromatic N) is 2. The number of pyridine rings is 2. The van der Waals surface area contributed by atoms with Crippen molar-refractivity contribution in [2.75, 3.05) is 7.05 Å². The van der Waals surface area contributed by atoms with E-state index in [0.29, 0.717) is 10.6 Å². The molecule has 1 N–H and O–H groups in total. The average molecular weight is 298 g/mol. The van der Waals surface area contributed by atoms with Gasteiger partial charge in [-0.25, -0.2) is 4.98 Å². The molecule has 1 amide bonds. The minimum Gasteiger partial charge on any atom is -0.355 e. The molecular formula is C16H12ClN3O. The number of nitrogens with one attached hydrogen (secondary N) is 1. The zero-order valence-electron chi connectivity index (χ0n) is 11.3. The summed E-state index contributed by atoms with van der Waals surface area (Å²) in [5.41, 5.74) is 2.98. The fourth-order valence-electron chi connectivity index (χ4n) is 2.20. The standard InChI is InChI=1S/C16H12ClN3O/c1-18-16(21)13-3-2-4-15-12(13)5-6-14(20-15)10-7-11(17)9-19-8-10/h2-9H,1H3,(H,18,21). The lowest BCUT2D eigenvalue weighted by Gasteiger charge is -2.07. The highest BCUT2D eigenvalue weighted by molar-refractivity contribution is 6.30. The largest absolute Gasteiger partial charge is 0.355 e. The number of carbonyl (C=O) groups excluding carboxylic acids is 1. The number of hydrogen-bond acceptors (Lipinski definition) is 3. The lowest BCUT2D eigenvalue weighted by Crippen LogP contribution is -2.18. The summed E-state index contributed by atoms with van der Waals surface area (Å²) in [5.74, 6) is -0.125. The second-order valence-corrected chi connectivity index (χ2v) is 4.98. The van der Waals surface area contributed by atoms with E-state index < -0.39 is 0 Å². The Bertz CT molecular complexity index is 833. The zero-order chi connectivity index (χ0) is 14.8. The Morgan fingerprint density at radius 3 is 2.81 bits per heavy atom. The Labute approximate surface area is 126 Å². The van der Waals surface area contributed by atoms with Crippen molar-refractivity contribution in [1.82, 2.24) is 15.3 Å². The molecule has 21 heavy (non-hydrogen) atoms. The molecular weight excluding hydrogens is 286 g/mol. The molecule has 2 heterocycles. The van der Waals surface area contributed by atoms with Crippen molar-refractivity contribution in [1.29, 1.82) is 0 Å². The number of hydrogen-bond donors (Lipinski definition) is 1. The van der Waals surface area contributed by atoms with E-state index >= 15 is 0 Å². The highest BCUT2D eigenvalue weighted by Crippen LogP contribution is 2.24. The smallest absolute Gasteiger partial charge is 0.251 e. The van der Waals surface area contributed by atoms with Crippen LogP contribution in [0.15, 0.2) is 48.8 Å². The fourth-order valence-corrected chi connectivity index (χ4v) is 2.37. The molecule has 0 aliphatic heterocycles. The van der Waals surface area contributed by atoms with Crippen LogP contribution in [0.25, 0.3) is 22.2 Å². The van der Waals surface area contributed by atoms with Crippen LogP contribution in [-0.2, 0) is 0 Å². The summed E-state index contributed by atoms with van der Waals surface area (Å²) in [7, 11) is 1.61. The van der Waals surface area contributed by atoms with E-state index in [1.54, 1.807) is 25.5 Å². The van der Waals surface area contributed by atoms with Gasteiger partial charge in [0.15, 0.2) is 0 Å². The number of halogens is 1. The third-order valence-corrected chi connectivity index (χ3v) is 3.41. The SMILES string of the molecule is CNC(=O)c1cccc2nc(-c3cncc(Cl)c3)ccc12. The second kappa shape index (κ2) is 5.50. The second-order valence-electron chi connectivity index (χ2n) is 4.54. The molecule has 0 radical (unpaired) electrons. The number of rotatable bonds is 2. The molecule has 0 aliphatic rings. The van der Waals surface area contributed by atoms with Crippen molar-refractivity contribution in [3.05, 3.63) is 59.4 Å². The average Bonchev–Trinajstić information content (AvgIpc) is 2.53. The molecule has 0 spiro atoms. The van der Waals surface area contributed by atoms with Crippen LogP contribution in [0.5, 0.6) is 0 Å². The molecule has 0 saturated heterocycles. The molecule has 0 atom stereocenters. The predicted molar refractivity (Wildman–Crippen MR) is 83.4 cm³/mol. The van der Waals surface area contributed by atoms with Gasteiger partial charge in [-0.3, -0.25) is 9.78 Å². The van der Waals surface area contributed by atoms with Crippen molar-refractivity contribution >= 4 is 28.4 Å². The zero-order valence-corrected chi connectivity index (χ0v) is 12.1. The van der Waals surface area contributed by atoms with Gasteiger partial charge in [0.25, 0.3) is 5.91 Å². The van der Waals surface area contributed by atoms with Gasteiger partial charge in [0.2, 0.25) is 0 Å². The maximum atomic E-state index is 11.9. The van der Waals surface area contributed by atoms with Crippen LogP contribution in [0.4, 0.5) is 0 Å². The van der Waals surface area contributed by atoms with Crippen LogP contribution >= 0.6 is 11.6 Å². The van der Waals surface area contributed by atoms with Gasteiger partial charge in [0.05, 0.1) is 16.2 Å². The first-order chi connectivity index (χ1) is 10.2. The van der Waals surface area contributed by atoms with Crippen LogP contribution in [0.3, 0.4) is 0 Å².